The highest BCUT2D eigenvalue weighted by Gasteiger charge is 2.24. The summed E-state index contributed by atoms with van der Waals surface area (Å²) >= 11 is 0. The largest absolute Gasteiger partial charge is 0.396 e. The van der Waals surface area contributed by atoms with Gasteiger partial charge in [0.15, 0.2) is 11.6 Å². The summed E-state index contributed by atoms with van der Waals surface area (Å²) in [6, 6.07) is 0. The molecule has 0 aromatic rings. The van der Waals surface area contributed by atoms with Crippen molar-refractivity contribution < 1.29 is 9.18 Å². The topological polar surface area (TPSA) is 43.1 Å². The van der Waals surface area contributed by atoms with Crippen LogP contribution in [0.2, 0.25) is 0 Å². The lowest BCUT2D eigenvalue weighted by molar-refractivity contribution is -0.116. The molecule has 2 nitrogen and oxygen atoms in total. The van der Waals surface area contributed by atoms with Crippen LogP contribution in [0.25, 0.3) is 0 Å². The summed E-state index contributed by atoms with van der Waals surface area (Å²) in [4.78, 5) is 12.4. The van der Waals surface area contributed by atoms with Crippen LogP contribution in [0.1, 0.15) is 53.9 Å². The van der Waals surface area contributed by atoms with Crippen molar-refractivity contribution in [3.8, 4) is 0 Å². The minimum absolute atomic E-state index is 0.0928. The van der Waals surface area contributed by atoms with Crippen molar-refractivity contribution in [2.24, 2.45) is 11.7 Å². The minimum Gasteiger partial charge on any atom is -0.396 e. The van der Waals surface area contributed by atoms with Gasteiger partial charge in [0.1, 0.15) is 0 Å². The molecule has 0 spiro atoms. The van der Waals surface area contributed by atoms with Gasteiger partial charge in [-0.25, -0.2) is 4.39 Å². The smallest absolute Gasteiger partial charge is 0.162 e. The highest BCUT2D eigenvalue weighted by molar-refractivity contribution is 5.97. The molecule has 0 bridgehead atoms. The Morgan fingerprint density at radius 2 is 1.95 bits per heavy atom. The van der Waals surface area contributed by atoms with Crippen LogP contribution in [-0.4, -0.2) is 5.78 Å². The predicted molar refractivity (Wildman–Crippen MR) is 88.3 cm³/mol. The van der Waals surface area contributed by atoms with Gasteiger partial charge < -0.3 is 5.73 Å². The lowest BCUT2D eigenvalue weighted by atomic mass is 9.87. The molecule has 0 aliphatic carbocycles. The first kappa shape index (κ1) is 19.4. The Labute approximate surface area is 128 Å². The summed E-state index contributed by atoms with van der Waals surface area (Å²) in [5, 5.41) is 0. The van der Waals surface area contributed by atoms with E-state index in [-0.39, 0.29) is 29.4 Å². The van der Waals surface area contributed by atoms with E-state index in [9.17, 15) is 9.18 Å². The summed E-state index contributed by atoms with van der Waals surface area (Å²) in [5.74, 6) is -1.06. The minimum atomic E-state index is -0.572. The van der Waals surface area contributed by atoms with Gasteiger partial charge >= 0.3 is 0 Å². The van der Waals surface area contributed by atoms with Gasteiger partial charge in [-0.15, -0.1) is 6.58 Å². The molecule has 0 saturated carbocycles. The number of hydrogen-bond acceptors (Lipinski definition) is 2. The monoisotopic (exact) mass is 293 g/mol. The average Bonchev–Trinajstić information content (AvgIpc) is 2.50. The van der Waals surface area contributed by atoms with Crippen LogP contribution >= 0.6 is 0 Å². The summed E-state index contributed by atoms with van der Waals surface area (Å²) in [6.07, 6.45) is 5.01. The van der Waals surface area contributed by atoms with Crippen molar-refractivity contribution in [2.45, 2.75) is 53.9 Å². The van der Waals surface area contributed by atoms with Crippen molar-refractivity contribution in [2.75, 3.05) is 0 Å². The Balaban J connectivity index is 5.92. The van der Waals surface area contributed by atoms with Crippen molar-refractivity contribution in [1.82, 2.24) is 0 Å². The maximum Gasteiger partial charge on any atom is 0.162 e. The molecule has 0 radical (unpaired) electrons. The van der Waals surface area contributed by atoms with Crippen molar-refractivity contribution in [3.05, 3.63) is 47.0 Å². The molecule has 0 aliphatic heterocycles. The van der Waals surface area contributed by atoms with Crippen LogP contribution in [0.15, 0.2) is 47.0 Å². The molecule has 2 N–H and O–H groups in total. The lowest BCUT2D eigenvalue weighted by Crippen LogP contribution is -2.17. The normalized spacial score (nSPS) is 16.0. The Hall–Kier alpha value is -1.64. The molecule has 21 heavy (non-hydrogen) atoms. The molecule has 0 saturated heterocycles. The fourth-order valence-electron chi connectivity index (χ4n) is 1.92. The van der Waals surface area contributed by atoms with E-state index >= 15 is 0 Å². The predicted octanol–water partition coefficient (Wildman–Crippen LogP) is 4.99. The highest BCUT2D eigenvalue weighted by Crippen LogP contribution is 2.29. The zero-order valence-electron chi connectivity index (χ0n) is 13.9. The maximum absolute atomic E-state index is 14.7. The fraction of sp³-hybridized carbons (Fsp3) is 0.500. The van der Waals surface area contributed by atoms with Gasteiger partial charge in [0.25, 0.3) is 0 Å². The molecule has 3 heteroatoms. The zero-order valence-corrected chi connectivity index (χ0v) is 13.9. The standard InChI is InChI=1S/C18H28FNO/c1-7-10-11-15(21)16(14(6)12(4)8-2)17(19)18(20)13(5)9-3/h7-8,14H,1,9-11,20H2,2-6H3/b12-8-,17-16-,18-13+. The molecule has 0 rings (SSSR count). The summed E-state index contributed by atoms with van der Waals surface area (Å²) < 4.78 is 14.7. The van der Waals surface area contributed by atoms with Crippen LogP contribution in [0.4, 0.5) is 4.39 Å². The molecule has 0 aromatic heterocycles. The zero-order chi connectivity index (χ0) is 16.6. The van der Waals surface area contributed by atoms with Crippen molar-refractivity contribution in [3.63, 3.8) is 0 Å². The second-order valence-electron chi connectivity index (χ2n) is 5.28. The van der Waals surface area contributed by atoms with Gasteiger partial charge in [0, 0.05) is 17.9 Å². The number of hydrogen-bond donors (Lipinski definition) is 1. The molecule has 1 unspecified atom stereocenters. The third-order valence-corrected chi connectivity index (χ3v) is 3.91. The SMILES string of the molecule is C=CCCC(=O)/C(=C(F)/C(N)=C(/C)CC)C(C)/C(C)=C\C. The van der Waals surface area contributed by atoms with E-state index in [0.29, 0.717) is 12.8 Å². The van der Waals surface area contributed by atoms with E-state index in [1.54, 1.807) is 13.0 Å². The van der Waals surface area contributed by atoms with Gasteiger partial charge in [0.05, 0.1) is 5.70 Å². The molecule has 118 valence electrons. The van der Waals surface area contributed by atoms with Gasteiger partial charge in [-0.05, 0) is 39.2 Å². The molecule has 0 fully saturated rings. The average molecular weight is 293 g/mol. The molecule has 0 amide bonds. The number of halogens is 1. The molecule has 0 aromatic carbocycles. The van der Waals surface area contributed by atoms with E-state index in [0.717, 1.165) is 11.1 Å². The molecule has 1 atom stereocenters. The molecular formula is C18H28FNO. The fourth-order valence-corrected chi connectivity index (χ4v) is 1.92. The van der Waals surface area contributed by atoms with E-state index in [1.165, 1.54) is 0 Å². The van der Waals surface area contributed by atoms with Gasteiger partial charge in [-0.2, -0.15) is 0 Å². The highest BCUT2D eigenvalue weighted by atomic mass is 19.1. The first-order valence-corrected chi connectivity index (χ1v) is 7.43. The van der Waals surface area contributed by atoms with Crippen LogP contribution < -0.4 is 5.73 Å². The lowest BCUT2D eigenvalue weighted by Gasteiger charge is -2.18. The van der Waals surface area contributed by atoms with Crippen LogP contribution in [-0.2, 0) is 4.79 Å². The van der Waals surface area contributed by atoms with Crippen LogP contribution in [0.5, 0.6) is 0 Å². The van der Waals surface area contributed by atoms with Crippen LogP contribution in [0.3, 0.4) is 0 Å². The van der Waals surface area contributed by atoms with Crippen molar-refractivity contribution >= 4 is 5.78 Å². The number of carbonyl (C=O) groups is 1. The van der Waals surface area contributed by atoms with Crippen molar-refractivity contribution in [1.29, 1.82) is 0 Å². The first-order chi connectivity index (χ1) is 9.81. The third-order valence-electron chi connectivity index (χ3n) is 3.91. The van der Waals surface area contributed by atoms with Gasteiger partial charge in [-0.3, -0.25) is 4.79 Å². The number of carbonyl (C=O) groups excluding carboxylic acids is 1. The molecule has 0 aliphatic rings. The molecular weight excluding hydrogens is 265 g/mol. The number of ketones is 1. The Kier molecular flexibility index (Phi) is 8.60. The first-order valence-electron chi connectivity index (χ1n) is 7.43. The maximum atomic E-state index is 14.7. The van der Waals surface area contributed by atoms with Gasteiger partial charge in [-0.1, -0.05) is 31.6 Å². The summed E-state index contributed by atoms with van der Waals surface area (Å²) in [6.45, 7) is 12.9. The number of Topliss-reactive ketones (excluding diaryl/α,β-unsaturated/α-hetero) is 1. The summed E-state index contributed by atoms with van der Waals surface area (Å²) in [5.41, 5.74) is 7.85. The molecule has 0 heterocycles. The van der Waals surface area contributed by atoms with Crippen LogP contribution in [0, 0.1) is 5.92 Å². The number of rotatable bonds is 8. The second kappa shape index (κ2) is 9.32. The van der Waals surface area contributed by atoms with E-state index in [2.05, 4.69) is 6.58 Å². The summed E-state index contributed by atoms with van der Waals surface area (Å²) in [7, 11) is 0. The van der Waals surface area contributed by atoms with E-state index < -0.39 is 5.83 Å². The quantitative estimate of drug-likeness (QED) is 0.389. The Morgan fingerprint density at radius 1 is 1.38 bits per heavy atom. The van der Waals surface area contributed by atoms with E-state index in [4.69, 9.17) is 5.73 Å². The third kappa shape index (κ3) is 5.33. The van der Waals surface area contributed by atoms with Gasteiger partial charge in [0.2, 0.25) is 0 Å². The number of nitrogens with two attached hydrogens (primary N) is 1. The Bertz CT molecular complexity index is 483. The Morgan fingerprint density at radius 3 is 2.38 bits per heavy atom. The second-order valence-corrected chi connectivity index (χ2v) is 5.28. The number of allylic oxidation sites excluding steroid dienone is 6. The van der Waals surface area contributed by atoms with E-state index in [1.807, 2.05) is 33.8 Å².